The molecule has 2 N–H and O–H groups in total. The fraction of sp³-hybridized carbons (Fsp3) is 0.222. The summed E-state index contributed by atoms with van der Waals surface area (Å²) in [4.78, 5) is 10.5. The van der Waals surface area contributed by atoms with Crippen molar-refractivity contribution in [3.05, 3.63) is 29.6 Å². The number of primary amides is 1. The van der Waals surface area contributed by atoms with Crippen LogP contribution in [0.1, 0.15) is 5.56 Å². The molecule has 1 amide bonds. The van der Waals surface area contributed by atoms with E-state index in [1.807, 2.05) is 0 Å². The molecule has 0 spiro atoms. The van der Waals surface area contributed by atoms with Gasteiger partial charge in [0.05, 0.1) is 12.7 Å². The van der Waals surface area contributed by atoms with Gasteiger partial charge in [0.2, 0.25) is 0 Å². The molecular weight excluding hydrogens is 211 g/mol. The molecule has 0 aliphatic heterocycles. The summed E-state index contributed by atoms with van der Waals surface area (Å²) in [5.41, 5.74) is 3.63. The van der Waals surface area contributed by atoms with Gasteiger partial charge >= 0.3 is 5.92 Å². The van der Waals surface area contributed by atoms with Crippen molar-refractivity contribution in [2.45, 2.75) is 5.92 Å². The largest absolute Gasteiger partial charge is 0.496 e. The number of methoxy groups -OCH3 is 1. The molecule has 0 unspecified atom stereocenters. The maximum Gasteiger partial charge on any atom is 0.353 e. The van der Waals surface area contributed by atoms with Gasteiger partial charge in [0, 0.05) is 0 Å². The van der Waals surface area contributed by atoms with E-state index in [2.05, 4.69) is 10.5 Å². The number of rotatable bonds is 3. The van der Waals surface area contributed by atoms with Gasteiger partial charge in [0.1, 0.15) is 11.6 Å². The number of hydrogen-bond donors (Lipinski definition) is 1. The Balaban J connectivity index is 3.34. The number of amides is 1. The zero-order valence-electron chi connectivity index (χ0n) is 7.76. The zero-order chi connectivity index (χ0) is 11.6. The zero-order valence-corrected chi connectivity index (χ0v) is 7.76. The van der Waals surface area contributed by atoms with E-state index in [9.17, 15) is 18.0 Å². The Morgan fingerprint density at radius 2 is 2.07 bits per heavy atom. The first-order chi connectivity index (χ1) is 6.89. The van der Waals surface area contributed by atoms with Crippen molar-refractivity contribution < 1.29 is 22.7 Å². The molecule has 0 saturated carbocycles. The van der Waals surface area contributed by atoms with Gasteiger partial charge < -0.3 is 10.5 Å². The quantitative estimate of drug-likeness (QED) is 0.835. The molecule has 0 aliphatic carbocycles. The summed E-state index contributed by atoms with van der Waals surface area (Å²) < 4.78 is 43.7. The summed E-state index contributed by atoms with van der Waals surface area (Å²) in [7, 11) is 1.13. The Morgan fingerprint density at radius 3 is 2.53 bits per heavy atom. The summed E-state index contributed by atoms with van der Waals surface area (Å²) in [5, 5.41) is 0. The fourth-order valence-electron chi connectivity index (χ4n) is 1.06. The minimum Gasteiger partial charge on any atom is -0.496 e. The summed E-state index contributed by atoms with van der Waals surface area (Å²) in [6, 6.07) is 2.46. The highest BCUT2D eigenvalue weighted by Gasteiger charge is 2.41. The summed E-state index contributed by atoms with van der Waals surface area (Å²) in [5.74, 6) is -6.99. The summed E-state index contributed by atoms with van der Waals surface area (Å²) in [6.45, 7) is 0. The molecule has 0 aliphatic rings. The van der Waals surface area contributed by atoms with Gasteiger partial charge in [-0.1, -0.05) is 0 Å². The van der Waals surface area contributed by atoms with Crippen LogP contribution in [0.5, 0.6) is 5.75 Å². The fourth-order valence-corrected chi connectivity index (χ4v) is 1.06. The Labute approximate surface area is 83.6 Å². The van der Waals surface area contributed by atoms with Crippen molar-refractivity contribution in [1.82, 2.24) is 0 Å². The van der Waals surface area contributed by atoms with E-state index >= 15 is 0 Å². The normalized spacial score (nSPS) is 11.2. The number of carbonyl (C=O) groups excluding carboxylic acids is 1. The van der Waals surface area contributed by atoms with Crippen LogP contribution in [-0.4, -0.2) is 13.0 Å². The molecule has 1 aromatic rings. The van der Waals surface area contributed by atoms with Crippen LogP contribution in [-0.2, 0) is 10.7 Å². The van der Waals surface area contributed by atoms with Crippen molar-refractivity contribution in [2.75, 3.05) is 7.11 Å². The van der Waals surface area contributed by atoms with Crippen molar-refractivity contribution in [1.29, 1.82) is 0 Å². The second-order valence-electron chi connectivity index (χ2n) is 2.78. The Kier molecular flexibility index (Phi) is 2.88. The number of halogens is 3. The first-order valence-corrected chi connectivity index (χ1v) is 3.91. The van der Waals surface area contributed by atoms with Crippen LogP contribution in [0.2, 0.25) is 0 Å². The van der Waals surface area contributed by atoms with E-state index in [1.165, 1.54) is 0 Å². The first kappa shape index (κ1) is 11.4. The topological polar surface area (TPSA) is 52.3 Å². The minimum atomic E-state index is -3.95. The molecule has 0 bridgehead atoms. The summed E-state index contributed by atoms with van der Waals surface area (Å²) >= 11 is 0. The molecular formula is C9H8F3NO2. The highest BCUT2D eigenvalue weighted by atomic mass is 19.3. The standard InChI is InChI=1S/C9H8F3NO2/c1-15-7-3-2-5(10)4-6(7)9(11,12)8(13)14/h2-4H,1H3,(H2,13,14). The predicted octanol–water partition coefficient (Wildman–Crippen LogP) is 1.41. The van der Waals surface area contributed by atoms with Gasteiger partial charge in [-0.25, -0.2) is 4.39 Å². The third-order valence-corrected chi connectivity index (χ3v) is 1.81. The van der Waals surface area contributed by atoms with Crippen molar-refractivity contribution in [3.63, 3.8) is 0 Å². The third kappa shape index (κ3) is 2.03. The van der Waals surface area contributed by atoms with Crippen LogP contribution in [0.15, 0.2) is 18.2 Å². The maximum absolute atomic E-state index is 13.2. The van der Waals surface area contributed by atoms with E-state index in [4.69, 9.17) is 0 Å². The highest BCUT2D eigenvalue weighted by Crippen LogP contribution is 2.35. The lowest BCUT2D eigenvalue weighted by molar-refractivity contribution is -0.143. The molecule has 0 fully saturated rings. The monoisotopic (exact) mass is 219 g/mol. The van der Waals surface area contributed by atoms with Gasteiger partial charge in [-0.2, -0.15) is 8.78 Å². The Hall–Kier alpha value is -1.72. The van der Waals surface area contributed by atoms with Crippen molar-refractivity contribution in [2.24, 2.45) is 5.73 Å². The van der Waals surface area contributed by atoms with Crippen LogP contribution in [0.25, 0.3) is 0 Å². The lowest BCUT2D eigenvalue weighted by Crippen LogP contribution is -2.33. The number of ether oxygens (including phenoxy) is 1. The lowest BCUT2D eigenvalue weighted by atomic mass is 10.1. The SMILES string of the molecule is COc1ccc(F)cc1C(F)(F)C(N)=O. The molecule has 0 aromatic heterocycles. The molecule has 1 aromatic carbocycles. The van der Waals surface area contributed by atoms with E-state index in [1.54, 1.807) is 0 Å². The molecule has 0 saturated heterocycles. The van der Waals surface area contributed by atoms with E-state index in [0.29, 0.717) is 6.07 Å². The second kappa shape index (κ2) is 3.80. The van der Waals surface area contributed by atoms with Gasteiger partial charge in [-0.15, -0.1) is 0 Å². The van der Waals surface area contributed by atoms with Crippen LogP contribution in [0.3, 0.4) is 0 Å². The van der Waals surface area contributed by atoms with E-state index in [-0.39, 0.29) is 5.75 Å². The van der Waals surface area contributed by atoms with Gasteiger partial charge in [0.15, 0.2) is 0 Å². The van der Waals surface area contributed by atoms with E-state index < -0.39 is 23.2 Å². The number of alkyl halides is 2. The van der Waals surface area contributed by atoms with Crippen LogP contribution in [0, 0.1) is 5.82 Å². The molecule has 1 rings (SSSR count). The molecule has 0 heterocycles. The lowest BCUT2D eigenvalue weighted by Gasteiger charge is -2.15. The Morgan fingerprint density at radius 1 is 1.47 bits per heavy atom. The first-order valence-electron chi connectivity index (χ1n) is 3.91. The molecule has 82 valence electrons. The van der Waals surface area contributed by atoms with Gasteiger partial charge in [-0.3, -0.25) is 4.79 Å². The molecule has 0 atom stereocenters. The van der Waals surface area contributed by atoms with Crippen LogP contribution in [0.4, 0.5) is 13.2 Å². The third-order valence-electron chi connectivity index (χ3n) is 1.81. The van der Waals surface area contributed by atoms with Gasteiger partial charge in [0.25, 0.3) is 5.91 Å². The number of carbonyl (C=O) groups is 1. The Bertz CT molecular complexity index is 393. The average Bonchev–Trinajstić information content (AvgIpc) is 2.17. The minimum absolute atomic E-state index is 0.291. The predicted molar refractivity (Wildman–Crippen MR) is 46.0 cm³/mol. The maximum atomic E-state index is 13.2. The average molecular weight is 219 g/mol. The highest BCUT2D eigenvalue weighted by molar-refractivity contribution is 5.83. The molecule has 3 nitrogen and oxygen atoms in total. The summed E-state index contributed by atoms with van der Waals surface area (Å²) in [6.07, 6.45) is 0. The smallest absolute Gasteiger partial charge is 0.353 e. The van der Waals surface area contributed by atoms with Crippen LogP contribution < -0.4 is 10.5 Å². The number of hydrogen-bond acceptors (Lipinski definition) is 2. The van der Waals surface area contributed by atoms with E-state index in [0.717, 1.165) is 19.2 Å². The van der Waals surface area contributed by atoms with Gasteiger partial charge in [-0.05, 0) is 18.2 Å². The molecule has 6 heteroatoms. The molecule has 0 radical (unpaired) electrons. The van der Waals surface area contributed by atoms with Crippen molar-refractivity contribution >= 4 is 5.91 Å². The second-order valence-corrected chi connectivity index (χ2v) is 2.78. The molecule has 15 heavy (non-hydrogen) atoms. The number of benzene rings is 1. The van der Waals surface area contributed by atoms with Crippen molar-refractivity contribution in [3.8, 4) is 5.75 Å². The van der Waals surface area contributed by atoms with Crippen LogP contribution >= 0.6 is 0 Å². The number of nitrogens with two attached hydrogens (primary N) is 1.